The number of likely N-dealkylation sites (tertiary alicyclic amines) is 1. The zero-order valence-corrected chi connectivity index (χ0v) is 11.4. The summed E-state index contributed by atoms with van der Waals surface area (Å²) in [5.41, 5.74) is 0. The van der Waals surface area contributed by atoms with Crippen LogP contribution in [0.4, 0.5) is 0 Å². The van der Waals surface area contributed by atoms with Gasteiger partial charge >= 0.3 is 0 Å². The third-order valence-corrected chi connectivity index (χ3v) is 3.92. The standard InChI is InChI=1S/C12H22BrNO/c1-10(2)11-4-5-12(15)14(9-6-11)8-3-7-13/h10-11H,3-9H2,1-2H3. The lowest BCUT2D eigenvalue weighted by Gasteiger charge is -2.21. The second kappa shape index (κ2) is 6.51. The number of amides is 1. The number of hydrogen-bond donors (Lipinski definition) is 0. The van der Waals surface area contributed by atoms with Crippen molar-refractivity contribution in [2.75, 3.05) is 18.4 Å². The fourth-order valence-electron chi connectivity index (χ4n) is 2.21. The van der Waals surface area contributed by atoms with Crippen LogP contribution < -0.4 is 0 Å². The van der Waals surface area contributed by atoms with Crippen molar-refractivity contribution in [1.82, 2.24) is 4.90 Å². The fourth-order valence-corrected chi connectivity index (χ4v) is 2.46. The predicted molar refractivity (Wildman–Crippen MR) is 67.2 cm³/mol. The first-order chi connectivity index (χ1) is 7.15. The van der Waals surface area contributed by atoms with Gasteiger partial charge in [0, 0.05) is 24.8 Å². The smallest absolute Gasteiger partial charge is 0.222 e. The van der Waals surface area contributed by atoms with Crippen molar-refractivity contribution in [1.29, 1.82) is 0 Å². The molecular weight excluding hydrogens is 254 g/mol. The Bertz CT molecular complexity index is 206. The van der Waals surface area contributed by atoms with Crippen LogP contribution in [-0.4, -0.2) is 29.2 Å². The van der Waals surface area contributed by atoms with Crippen molar-refractivity contribution in [2.24, 2.45) is 11.8 Å². The molecule has 15 heavy (non-hydrogen) atoms. The Kier molecular flexibility index (Phi) is 5.65. The van der Waals surface area contributed by atoms with E-state index in [2.05, 4.69) is 29.8 Å². The minimum absolute atomic E-state index is 0.360. The molecule has 1 unspecified atom stereocenters. The summed E-state index contributed by atoms with van der Waals surface area (Å²) < 4.78 is 0. The highest BCUT2D eigenvalue weighted by molar-refractivity contribution is 9.09. The molecule has 0 aromatic rings. The first kappa shape index (κ1) is 13.0. The summed E-state index contributed by atoms with van der Waals surface area (Å²) in [4.78, 5) is 13.8. The van der Waals surface area contributed by atoms with Crippen LogP contribution in [0.3, 0.4) is 0 Å². The molecule has 1 rings (SSSR count). The first-order valence-electron chi connectivity index (χ1n) is 5.99. The number of carbonyl (C=O) groups is 1. The summed E-state index contributed by atoms with van der Waals surface area (Å²) in [6, 6.07) is 0. The summed E-state index contributed by atoms with van der Waals surface area (Å²) in [6.07, 6.45) is 4.09. The van der Waals surface area contributed by atoms with Crippen molar-refractivity contribution in [3.05, 3.63) is 0 Å². The molecule has 1 aliphatic heterocycles. The lowest BCUT2D eigenvalue weighted by atomic mass is 9.89. The zero-order chi connectivity index (χ0) is 11.3. The van der Waals surface area contributed by atoms with E-state index in [0.29, 0.717) is 11.8 Å². The average Bonchev–Trinajstić information content (AvgIpc) is 2.38. The van der Waals surface area contributed by atoms with E-state index < -0.39 is 0 Å². The van der Waals surface area contributed by atoms with Gasteiger partial charge in [-0.25, -0.2) is 0 Å². The maximum atomic E-state index is 11.8. The molecule has 2 nitrogen and oxygen atoms in total. The number of carbonyl (C=O) groups excluding carboxylic acids is 1. The molecule has 0 radical (unpaired) electrons. The van der Waals surface area contributed by atoms with Crippen LogP contribution in [-0.2, 0) is 4.79 Å². The maximum Gasteiger partial charge on any atom is 0.222 e. The monoisotopic (exact) mass is 275 g/mol. The van der Waals surface area contributed by atoms with Crippen LogP contribution in [0.1, 0.15) is 39.5 Å². The summed E-state index contributed by atoms with van der Waals surface area (Å²) in [7, 11) is 0. The van der Waals surface area contributed by atoms with Gasteiger partial charge in [-0.3, -0.25) is 4.79 Å². The summed E-state index contributed by atoms with van der Waals surface area (Å²) in [5, 5.41) is 0.990. The van der Waals surface area contributed by atoms with E-state index >= 15 is 0 Å². The van der Waals surface area contributed by atoms with Gasteiger partial charge in [-0.1, -0.05) is 29.8 Å². The molecule has 1 aliphatic rings. The van der Waals surface area contributed by atoms with Gasteiger partial charge in [0.2, 0.25) is 5.91 Å². The molecule has 1 atom stereocenters. The highest BCUT2D eigenvalue weighted by Crippen LogP contribution is 2.25. The van der Waals surface area contributed by atoms with Gasteiger partial charge in [-0.15, -0.1) is 0 Å². The third kappa shape index (κ3) is 4.13. The first-order valence-corrected chi connectivity index (χ1v) is 7.11. The Hall–Kier alpha value is -0.0500. The highest BCUT2D eigenvalue weighted by Gasteiger charge is 2.23. The number of alkyl halides is 1. The van der Waals surface area contributed by atoms with E-state index in [1.807, 2.05) is 4.90 Å². The van der Waals surface area contributed by atoms with E-state index in [9.17, 15) is 4.79 Å². The van der Waals surface area contributed by atoms with Crippen LogP contribution in [0.25, 0.3) is 0 Å². The summed E-state index contributed by atoms with van der Waals surface area (Å²) in [6.45, 7) is 6.43. The van der Waals surface area contributed by atoms with E-state index in [-0.39, 0.29) is 0 Å². The molecule has 0 aromatic carbocycles. The zero-order valence-electron chi connectivity index (χ0n) is 9.84. The largest absolute Gasteiger partial charge is 0.343 e. The Morgan fingerprint density at radius 1 is 1.47 bits per heavy atom. The number of halogens is 1. The second-order valence-electron chi connectivity index (χ2n) is 4.75. The van der Waals surface area contributed by atoms with Gasteiger partial charge in [0.15, 0.2) is 0 Å². The van der Waals surface area contributed by atoms with Crippen LogP contribution in [0, 0.1) is 11.8 Å². The normalized spacial score (nSPS) is 23.3. The lowest BCUT2D eigenvalue weighted by molar-refractivity contribution is -0.130. The highest BCUT2D eigenvalue weighted by atomic mass is 79.9. The van der Waals surface area contributed by atoms with Crippen molar-refractivity contribution < 1.29 is 4.79 Å². The van der Waals surface area contributed by atoms with Gasteiger partial charge in [0.25, 0.3) is 0 Å². The molecule has 1 amide bonds. The van der Waals surface area contributed by atoms with Crippen LogP contribution in [0.15, 0.2) is 0 Å². The van der Waals surface area contributed by atoms with Gasteiger partial charge in [0.1, 0.15) is 0 Å². The van der Waals surface area contributed by atoms with E-state index in [1.165, 1.54) is 6.42 Å². The molecular formula is C12H22BrNO. The molecule has 0 aromatic heterocycles. The Labute approximate surface area is 102 Å². The topological polar surface area (TPSA) is 20.3 Å². The molecule has 0 saturated carbocycles. The average molecular weight is 276 g/mol. The molecule has 0 aliphatic carbocycles. The van der Waals surface area contributed by atoms with Crippen molar-refractivity contribution in [2.45, 2.75) is 39.5 Å². The van der Waals surface area contributed by atoms with E-state index in [1.54, 1.807) is 0 Å². The van der Waals surface area contributed by atoms with Gasteiger partial charge < -0.3 is 4.90 Å². The van der Waals surface area contributed by atoms with Crippen LogP contribution in [0.5, 0.6) is 0 Å². The second-order valence-corrected chi connectivity index (χ2v) is 5.55. The SMILES string of the molecule is CC(C)C1CCC(=O)N(CCCBr)CC1. The summed E-state index contributed by atoms with van der Waals surface area (Å²) in [5.74, 6) is 1.82. The number of rotatable bonds is 4. The van der Waals surface area contributed by atoms with Gasteiger partial charge in [-0.2, -0.15) is 0 Å². The minimum atomic E-state index is 0.360. The van der Waals surface area contributed by atoms with E-state index in [0.717, 1.165) is 43.6 Å². The van der Waals surface area contributed by atoms with Crippen LogP contribution >= 0.6 is 15.9 Å². The number of hydrogen-bond acceptors (Lipinski definition) is 1. The molecule has 1 heterocycles. The number of nitrogens with zero attached hydrogens (tertiary/aromatic N) is 1. The van der Waals surface area contributed by atoms with Gasteiger partial charge in [-0.05, 0) is 31.1 Å². The Morgan fingerprint density at radius 2 is 2.20 bits per heavy atom. The molecule has 88 valence electrons. The molecule has 0 N–H and O–H groups in total. The van der Waals surface area contributed by atoms with Crippen molar-refractivity contribution in [3.63, 3.8) is 0 Å². The maximum absolute atomic E-state index is 11.8. The van der Waals surface area contributed by atoms with Gasteiger partial charge in [0.05, 0.1) is 0 Å². The quantitative estimate of drug-likeness (QED) is 0.723. The Balaban J connectivity index is 2.44. The summed E-state index contributed by atoms with van der Waals surface area (Å²) >= 11 is 3.41. The lowest BCUT2D eigenvalue weighted by Crippen LogP contribution is -2.31. The predicted octanol–water partition coefficient (Wildman–Crippen LogP) is 3.06. The molecule has 0 bridgehead atoms. The Morgan fingerprint density at radius 3 is 2.80 bits per heavy atom. The molecule has 0 spiro atoms. The molecule has 1 saturated heterocycles. The van der Waals surface area contributed by atoms with Crippen LogP contribution in [0.2, 0.25) is 0 Å². The third-order valence-electron chi connectivity index (χ3n) is 3.36. The minimum Gasteiger partial charge on any atom is -0.343 e. The molecule has 1 fully saturated rings. The fraction of sp³-hybridized carbons (Fsp3) is 0.917. The van der Waals surface area contributed by atoms with E-state index in [4.69, 9.17) is 0 Å². The van der Waals surface area contributed by atoms with Crippen molar-refractivity contribution in [3.8, 4) is 0 Å². The molecule has 3 heteroatoms. The van der Waals surface area contributed by atoms with Crippen molar-refractivity contribution >= 4 is 21.8 Å².